The van der Waals surface area contributed by atoms with E-state index in [0.29, 0.717) is 73.3 Å². The molecule has 1 fully saturated rings. The van der Waals surface area contributed by atoms with Crippen LogP contribution in [0.5, 0.6) is 11.6 Å². The van der Waals surface area contributed by atoms with E-state index in [-0.39, 0.29) is 17.9 Å². The molecule has 0 unspecified atom stereocenters. The Balaban J connectivity index is 1.18. The maximum absolute atomic E-state index is 12.7. The number of ether oxygens (including phenoxy) is 1. The van der Waals surface area contributed by atoms with E-state index in [1.54, 1.807) is 36.5 Å². The fraction of sp³-hybridized carbons (Fsp3) is 0.367. The highest BCUT2D eigenvalue weighted by Gasteiger charge is 2.23. The molecule has 10 nitrogen and oxygen atoms in total. The molecule has 0 bridgehead atoms. The number of carbonyl (C=O) groups is 2. The molecule has 10 heteroatoms. The first kappa shape index (κ1) is 28.4. The molecular formula is C30H35N7O3. The SMILES string of the molecule is Cc1cc(C#N)cc(C)c1Oc1ccnc(NC2CCN(C(=O)CCCCC(=O)Nc3ccccc3N)CC2)n1. The molecule has 1 aromatic heterocycles. The number of nitrogens with zero attached hydrogens (tertiary/aromatic N) is 4. The van der Waals surface area contributed by atoms with Crippen LogP contribution in [0.15, 0.2) is 48.7 Å². The molecule has 1 aliphatic rings. The summed E-state index contributed by atoms with van der Waals surface area (Å²) in [5, 5.41) is 15.3. The van der Waals surface area contributed by atoms with Gasteiger partial charge in [-0.15, -0.1) is 0 Å². The van der Waals surface area contributed by atoms with Gasteiger partial charge >= 0.3 is 0 Å². The van der Waals surface area contributed by atoms with E-state index in [1.807, 2.05) is 30.9 Å². The van der Waals surface area contributed by atoms with Crippen LogP contribution in [0.1, 0.15) is 55.2 Å². The van der Waals surface area contributed by atoms with Crippen LogP contribution in [0, 0.1) is 25.2 Å². The average molecular weight is 542 g/mol. The number of aromatic nitrogens is 2. The van der Waals surface area contributed by atoms with Crippen LogP contribution in [-0.2, 0) is 9.59 Å². The molecule has 2 aromatic carbocycles. The third-order valence-corrected chi connectivity index (χ3v) is 6.89. The Morgan fingerprint density at radius 2 is 1.80 bits per heavy atom. The van der Waals surface area contributed by atoms with Crippen LogP contribution >= 0.6 is 0 Å². The molecule has 3 aromatic rings. The van der Waals surface area contributed by atoms with E-state index >= 15 is 0 Å². The number of aryl methyl sites for hydroxylation is 2. The Morgan fingerprint density at radius 1 is 1.10 bits per heavy atom. The molecular weight excluding hydrogens is 506 g/mol. The number of carbonyl (C=O) groups excluding carboxylic acids is 2. The maximum Gasteiger partial charge on any atom is 0.226 e. The van der Waals surface area contributed by atoms with Gasteiger partial charge < -0.3 is 26.0 Å². The highest BCUT2D eigenvalue weighted by atomic mass is 16.5. The molecule has 0 radical (unpaired) electrons. The number of amides is 2. The first-order valence-electron chi connectivity index (χ1n) is 13.5. The quantitative estimate of drug-likeness (QED) is 0.242. The lowest BCUT2D eigenvalue weighted by Crippen LogP contribution is -2.42. The Kier molecular flexibility index (Phi) is 9.52. The minimum absolute atomic E-state index is 0.101. The van der Waals surface area contributed by atoms with Gasteiger partial charge in [-0.05, 0) is 74.9 Å². The van der Waals surface area contributed by atoms with Crippen molar-refractivity contribution in [1.29, 1.82) is 5.26 Å². The fourth-order valence-electron chi connectivity index (χ4n) is 4.75. The van der Waals surface area contributed by atoms with Gasteiger partial charge in [-0.1, -0.05) is 12.1 Å². The van der Waals surface area contributed by atoms with Crippen molar-refractivity contribution in [1.82, 2.24) is 14.9 Å². The van der Waals surface area contributed by atoms with Crippen molar-refractivity contribution in [2.24, 2.45) is 0 Å². The van der Waals surface area contributed by atoms with E-state index in [9.17, 15) is 9.59 Å². The number of anilines is 3. The molecule has 0 atom stereocenters. The van der Waals surface area contributed by atoms with Crippen LogP contribution < -0.4 is 21.1 Å². The Hall–Kier alpha value is -4.65. The lowest BCUT2D eigenvalue weighted by atomic mass is 10.0. The zero-order valence-corrected chi connectivity index (χ0v) is 22.9. The zero-order chi connectivity index (χ0) is 28.5. The molecule has 0 spiro atoms. The molecule has 208 valence electrons. The van der Waals surface area contributed by atoms with Crippen molar-refractivity contribution >= 4 is 29.1 Å². The van der Waals surface area contributed by atoms with Gasteiger partial charge in [0.2, 0.25) is 23.6 Å². The summed E-state index contributed by atoms with van der Waals surface area (Å²) < 4.78 is 6.03. The second-order valence-corrected chi connectivity index (χ2v) is 10.0. The number of likely N-dealkylation sites (tertiary alicyclic amines) is 1. The molecule has 1 aliphatic heterocycles. The topological polar surface area (TPSA) is 146 Å². The summed E-state index contributed by atoms with van der Waals surface area (Å²) in [4.78, 5) is 35.6. The number of benzene rings is 2. The maximum atomic E-state index is 12.7. The second kappa shape index (κ2) is 13.4. The summed E-state index contributed by atoms with van der Waals surface area (Å²) in [6.45, 7) is 5.12. The van der Waals surface area contributed by atoms with Crippen LogP contribution in [0.3, 0.4) is 0 Å². The largest absolute Gasteiger partial charge is 0.438 e. The number of nitrogen functional groups attached to an aromatic ring is 1. The van der Waals surface area contributed by atoms with E-state index in [1.165, 1.54) is 0 Å². The highest BCUT2D eigenvalue weighted by molar-refractivity contribution is 5.93. The van der Waals surface area contributed by atoms with Crippen molar-refractivity contribution in [2.45, 2.75) is 58.4 Å². The second-order valence-electron chi connectivity index (χ2n) is 10.0. The van der Waals surface area contributed by atoms with Crippen molar-refractivity contribution in [3.63, 3.8) is 0 Å². The van der Waals surface area contributed by atoms with E-state index < -0.39 is 0 Å². The number of nitrogens with two attached hydrogens (primary N) is 1. The first-order chi connectivity index (χ1) is 19.3. The summed E-state index contributed by atoms with van der Waals surface area (Å²) >= 11 is 0. The van der Waals surface area contributed by atoms with Crippen LogP contribution in [0.2, 0.25) is 0 Å². The van der Waals surface area contributed by atoms with Crippen molar-refractivity contribution in [2.75, 3.05) is 29.5 Å². The first-order valence-corrected chi connectivity index (χ1v) is 13.5. The molecule has 2 heterocycles. The van der Waals surface area contributed by atoms with Gasteiger partial charge in [-0.2, -0.15) is 10.2 Å². The zero-order valence-electron chi connectivity index (χ0n) is 22.9. The van der Waals surface area contributed by atoms with E-state index in [2.05, 4.69) is 26.7 Å². The molecule has 40 heavy (non-hydrogen) atoms. The van der Waals surface area contributed by atoms with Gasteiger partial charge in [-0.25, -0.2) is 4.98 Å². The number of nitrogens with one attached hydrogen (secondary N) is 2. The van der Waals surface area contributed by atoms with Gasteiger partial charge in [0.25, 0.3) is 0 Å². The van der Waals surface area contributed by atoms with Crippen LogP contribution in [-0.4, -0.2) is 45.8 Å². The van der Waals surface area contributed by atoms with Gasteiger partial charge in [0.1, 0.15) is 5.75 Å². The normalized spacial score (nSPS) is 13.4. The minimum atomic E-state index is -0.101. The number of piperidine rings is 1. The van der Waals surface area contributed by atoms with Gasteiger partial charge in [0, 0.05) is 44.2 Å². The Morgan fingerprint density at radius 3 is 2.50 bits per heavy atom. The summed E-state index contributed by atoms with van der Waals surface area (Å²) in [7, 11) is 0. The lowest BCUT2D eigenvalue weighted by Gasteiger charge is -2.32. The van der Waals surface area contributed by atoms with Gasteiger partial charge in [0.05, 0.1) is 23.0 Å². The summed E-state index contributed by atoms with van der Waals surface area (Å²) in [6.07, 6.45) is 5.29. The third-order valence-electron chi connectivity index (χ3n) is 6.89. The Bertz CT molecular complexity index is 1370. The predicted molar refractivity (Wildman–Crippen MR) is 154 cm³/mol. The summed E-state index contributed by atoms with van der Waals surface area (Å²) in [5.74, 6) is 1.59. The smallest absolute Gasteiger partial charge is 0.226 e. The van der Waals surface area contributed by atoms with Crippen LogP contribution in [0.25, 0.3) is 0 Å². The molecule has 0 aliphatic carbocycles. The number of hydrogen-bond acceptors (Lipinski definition) is 8. The Labute approximate surface area is 234 Å². The number of para-hydroxylation sites is 2. The van der Waals surface area contributed by atoms with Crippen molar-refractivity contribution in [3.05, 3.63) is 65.4 Å². The molecule has 0 saturated carbocycles. The monoisotopic (exact) mass is 541 g/mol. The van der Waals surface area contributed by atoms with Gasteiger partial charge in [0.15, 0.2) is 0 Å². The minimum Gasteiger partial charge on any atom is -0.438 e. The summed E-state index contributed by atoms with van der Waals surface area (Å²) in [6, 6.07) is 14.7. The van der Waals surface area contributed by atoms with E-state index in [4.69, 9.17) is 15.7 Å². The number of unbranched alkanes of at least 4 members (excludes halogenated alkanes) is 1. The van der Waals surface area contributed by atoms with Gasteiger partial charge in [-0.3, -0.25) is 9.59 Å². The number of hydrogen-bond donors (Lipinski definition) is 3. The molecule has 2 amide bonds. The third kappa shape index (κ3) is 7.69. The van der Waals surface area contributed by atoms with Crippen LogP contribution in [0.4, 0.5) is 17.3 Å². The number of nitriles is 1. The summed E-state index contributed by atoms with van der Waals surface area (Å²) in [5.41, 5.74) is 9.32. The average Bonchev–Trinajstić information content (AvgIpc) is 2.94. The number of rotatable bonds is 10. The van der Waals surface area contributed by atoms with Crippen molar-refractivity contribution in [3.8, 4) is 17.7 Å². The lowest BCUT2D eigenvalue weighted by molar-refractivity contribution is -0.132. The molecule has 4 N–H and O–H groups in total. The predicted octanol–water partition coefficient (Wildman–Crippen LogP) is 4.94. The fourth-order valence-corrected chi connectivity index (χ4v) is 4.75. The molecule has 1 saturated heterocycles. The highest BCUT2D eigenvalue weighted by Crippen LogP contribution is 2.29. The standard InChI is InChI=1S/C30H35N7O3/c1-20-17-22(19-31)18-21(2)29(20)40-27-11-14-33-30(36-27)34-23-12-15-37(16-13-23)28(39)10-6-5-9-26(38)35-25-8-4-3-7-24(25)32/h3-4,7-8,11,14,17-18,23H,5-6,9-10,12-13,15-16,32H2,1-2H3,(H,35,38)(H,33,34,36). The van der Waals surface area contributed by atoms with Crippen molar-refractivity contribution < 1.29 is 14.3 Å². The van der Waals surface area contributed by atoms with E-state index in [0.717, 1.165) is 24.0 Å². The molecule has 4 rings (SSSR count).